The van der Waals surface area contributed by atoms with E-state index in [2.05, 4.69) is 13.5 Å². The number of aryl methyl sites for hydroxylation is 1. The van der Waals surface area contributed by atoms with Gasteiger partial charge >= 0.3 is 11.9 Å². The average Bonchev–Trinajstić information content (AvgIpc) is 3.14. The first kappa shape index (κ1) is 41.0. The third-order valence-electron chi connectivity index (χ3n) is 7.38. The summed E-state index contributed by atoms with van der Waals surface area (Å²) in [4.78, 5) is 23.0. The molecule has 0 amide bonds. The lowest BCUT2D eigenvalue weighted by Crippen LogP contribution is -2.43. The number of unbranched alkanes of at least 4 members (excludes halogenated alkanes) is 2. The van der Waals surface area contributed by atoms with Crippen molar-refractivity contribution in [2.45, 2.75) is 39.5 Å². The van der Waals surface area contributed by atoms with Crippen LogP contribution in [0.3, 0.4) is 0 Å². The summed E-state index contributed by atoms with van der Waals surface area (Å²) in [6.45, 7) is 13.4. The van der Waals surface area contributed by atoms with E-state index in [4.69, 9.17) is 42.6 Å². The molecule has 0 bridgehead atoms. The molecule has 1 aliphatic rings. The molecule has 0 unspecified atom stereocenters. The van der Waals surface area contributed by atoms with Crippen LogP contribution < -0.4 is 18.9 Å². The maximum Gasteiger partial charge on any atom is 0.343 e. The van der Waals surface area contributed by atoms with Crippen LogP contribution in [-0.4, -0.2) is 85.3 Å². The first-order chi connectivity index (χ1) is 24.8. The van der Waals surface area contributed by atoms with E-state index in [0.29, 0.717) is 44.3 Å². The van der Waals surface area contributed by atoms with Crippen molar-refractivity contribution in [3.8, 4) is 23.0 Å². The smallest absolute Gasteiger partial charge is 0.343 e. The molecular formula is C40H52O11. The first-order valence-corrected chi connectivity index (χ1v) is 17.2. The molecule has 0 aromatic heterocycles. The van der Waals surface area contributed by atoms with Crippen molar-refractivity contribution in [2.24, 2.45) is 5.41 Å². The van der Waals surface area contributed by atoms with Gasteiger partial charge in [-0.05, 0) is 93.3 Å². The fourth-order valence-electron chi connectivity index (χ4n) is 4.43. The Morgan fingerprint density at radius 3 is 1.86 bits per heavy atom. The molecule has 51 heavy (non-hydrogen) atoms. The summed E-state index contributed by atoms with van der Waals surface area (Å²) in [6, 6.07) is 21.7. The van der Waals surface area contributed by atoms with Crippen molar-refractivity contribution < 1.29 is 52.2 Å². The largest absolute Gasteiger partial charge is 0.494 e. The number of rotatable bonds is 23. The summed E-state index contributed by atoms with van der Waals surface area (Å²) in [7, 11) is 1.57. The molecule has 11 nitrogen and oxygen atoms in total. The summed E-state index contributed by atoms with van der Waals surface area (Å²) in [5, 5.41) is 0. The minimum absolute atomic E-state index is 0.207. The first-order valence-electron chi connectivity index (χ1n) is 17.2. The molecule has 0 N–H and O–H groups in total. The fraction of sp³-hybridized carbons (Fsp3) is 0.450. The monoisotopic (exact) mass is 708 g/mol. The Kier molecular flexibility index (Phi) is 19.2. The normalized spacial score (nSPS) is 12.8. The highest BCUT2D eigenvalue weighted by molar-refractivity contribution is 5.91. The number of hydrogen-bond donors (Lipinski definition) is 0. The second-order valence-corrected chi connectivity index (χ2v) is 12.2. The van der Waals surface area contributed by atoms with E-state index >= 15 is 0 Å². The Bertz CT molecular complexity index is 1400. The highest BCUT2D eigenvalue weighted by Crippen LogP contribution is 2.26. The third-order valence-corrected chi connectivity index (χ3v) is 7.38. The minimum Gasteiger partial charge on any atom is -0.494 e. The molecule has 0 spiro atoms. The molecule has 11 heteroatoms. The number of carbonyl (C=O) groups excluding carboxylic acids is 2. The number of benzene rings is 3. The van der Waals surface area contributed by atoms with Gasteiger partial charge in [-0.25, -0.2) is 9.59 Å². The second kappa shape index (κ2) is 23.9. The third kappa shape index (κ3) is 17.4. The Hall–Kier alpha value is -4.42. The number of hydrogen-bond acceptors (Lipinski definition) is 11. The molecule has 0 aliphatic carbocycles. The fourth-order valence-corrected chi connectivity index (χ4v) is 4.43. The number of methoxy groups -OCH3 is 1. The highest BCUT2D eigenvalue weighted by Gasteiger charge is 2.33. The molecule has 278 valence electrons. The molecule has 3 aromatic rings. The van der Waals surface area contributed by atoms with Gasteiger partial charge < -0.3 is 42.6 Å². The van der Waals surface area contributed by atoms with Gasteiger partial charge in [-0.15, -0.1) is 0 Å². The zero-order chi connectivity index (χ0) is 36.6. The molecule has 1 heterocycles. The summed E-state index contributed by atoms with van der Waals surface area (Å²) >= 11 is 0. The molecule has 1 aliphatic heterocycles. The average molecular weight is 709 g/mol. The molecule has 0 atom stereocenters. The van der Waals surface area contributed by atoms with Gasteiger partial charge in [0.05, 0.1) is 45.2 Å². The standard InChI is InChI=1S/C23H28O5.C17H24O6/c1-18-5-9-21(10-6-18)28-22(24)19-7-11-20(12-8-19)27-14-4-3-13-25-15-23(2)16-26-17-23;1-3-17(18)22-11-5-4-10-20-12-13-21-15-6-8-16(9-7-15)23-14-19-2/h5-12H,3-4,13-17H2,1-2H3;3,6-9H,1,4-5,10-14H2,2H3. The molecule has 0 radical (unpaired) electrons. The topological polar surface area (TPSA) is 117 Å². The van der Waals surface area contributed by atoms with Gasteiger partial charge in [0.2, 0.25) is 0 Å². The summed E-state index contributed by atoms with van der Waals surface area (Å²) in [6.07, 6.45) is 4.63. The Balaban J connectivity index is 0.000000282. The van der Waals surface area contributed by atoms with Crippen LogP contribution in [0.1, 0.15) is 48.5 Å². The minimum atomic E-state index is -0.391. The van der Waals surface area contributed by atoms with Crippen LogP contribution in [0, 0.1) is 12.3 Å². The number of esters is 2. The van der Waals surface area contributed by atoms with Gasteiger partial charge in [-0.2, -0.15) is 0 Å². The maximum absolute atomic E-state index is 12.2. The lowest BCUT2D eigenvalue weighted by atomic mass is 9.90. The number of carbonyl (C=O) groups is 2. The van der Waals surface area contributed by atoms with Gasteiger partial charge in [0, 0.05) is 31.8 Å². The zero-order valence-electron chi connectivity index (χ0n) is 30.1. The van der Waals surface area contributed by atoms with Crippen LogP contribution in [0.4, 0.5) is 0 Å². The summed E-state index contributed by atoms with van der Waals surface area (Å²) < 4.78 is 47.9. The maximum atomic E-state index is 12.2. The van der Waals surface area contributed by atoms with E-state index in [1.807, 2.05) is 43.3 Å². The van der Waals surface area contributed by atoms with Crippen molar-refractivity contribution in [1.82, 2.24) is 0 Å². The lowest BCUT2D eigenvalue weighted by Gasteiger charge is -2.37. The van der Waals surface area contributed by atoms with Crippen LogP contribution in [0.15, 0.2) is 85.5 Å². The SMILES string of the molecule is C=CC(=O)OCCCCOCCOc1ccc(OCOC)cc1.Cc1ccc(OC(=O)c2ccc(OCCCCOCC3(C)COC3)cc2)cc1. The molecule has 1 saturated heterocycles. The predicted octanol–water partition coefficient (Wildman–Crippen LogP) is 7.00. The van der Waals surface area contributed by atoms with E-state index in [0.717, 1.165) is 81.0 Å². The van der Waals surface area contributed by atoms with E-state index in [9.17, 15) is 9.59 Å². The Morgan fingerprint density at radius 1 is 0.706 bits per heavy atom. The Labute approximate surface area is 301 Å². The van der Waals surface area contributed by atoms with E-state index < -0.39 is 5.97 Å². The molecule has 3 aromatic carbocycles. The van der Waals surface area contributed by atoms with E-state index in [1.54, 1.807) is 43.5 Å². The van der Waals surface area contributed by atoms with E-state index in [-0.39, 0.29) is 18.2 Å². The van der Waals surface area contributed by atoms with Crippen molar-refractivity contribution in [1.29, 1.82) is 0 Å². The van der Waals surface area contributed by atoms with Crippen molar-refractivity contribution in [3.05, 3.63) is 96.6 Å². The van der Waals surface area contributed by atoms with Gasteiger partial charge in [0.1, 0.15) is 29.6 Å². The highest BCUT2D eigenvalue weighted by atomic mass is 16.7. The quantitative estimate of drug-likeness (QED) is 0.0333. The summed E-state index contributed by atoms with van der Waals surface area (Å²) in [5.41, 5.74) is 1.82. The van der Waals surface area contributed by atoms with Gasteiger partial charge in [0.25, 0.3) is 0 Å². The van der Waals surface area contributed by atoms with Crippen LogP contribution in [-0.2, 0) is 28.5 Å². The van der Waals surface area contributed by atoms with Crippen molar-refractivity contribution in [2.75, 3.05) is 73.4 Å². The Morgan fingerprint density at radius 2 is 1.25 bits per heavy atom. The summed E-state index contributed by atoms with van der Waals surface area (Å²) in [5.74, 6) is 2.00. The van der Waals surface area contributed by atoms with Gasteiger partial charge in [0.15, 0.2) is 6.79 Å². The zero-order valence-corrected chi connectivity index (χ0v) is 30.1. The van der Waals surface area contributed by atoms with Gasteiger partial charge in [-0.1, -0.05) is 31.2 Å². The van der Waals surface area contributed by atoms with Crippen LogP contribution >= 0.6 is 0 Å². The van der Waals surface area contributed by atoms with Crippen LogP contribution in [0.2, 0.25) is 0 Å². The second-order valence-electron chi connectivity index (χ2n) is 12.2. The molecular weight excluding hydrogens is 656 g/mol. The van der Waals surface area contributed by atoms with Crippen LogP contribution in [0.25, 0.3) is 0 Å². The molecule has 4 rings (SSSR count). The van der Waals surface area contributed by atoms with Crippen molar-refractivity contribution >= 4 is 11.9 Å². The van der Waals surface area contributed by atoms with E-state index in [1.165, 1.54) is 0 Å². The molecule has 0 saturated carbocycles. The van der Waals surface area contributed by atoms with Gasteiger partial charge in [-0.3, -0.25) is 0 Å². The van der Waals surface area contributed by atoms with Crippen LogP contribution in [0.5, 0.6) is 23.0 Å². The molecule has 1 fully saturated rings. The predicted molar refractivity (Wildman–Crippen MR) is 193 cm³/mol. The lowest BCUT2D eigenvalue weighted by molar-refractivity contribution is -0.138. The number of ether oxygens (including phenoxy) is 9. The van der Waals surface area contributed by atoms with Crippen molar-refractivity contribution in [3.63, 3.8) is 0 Å².